The molecule has 1 N–H and O–H groups in total. The molecule has 0 saturated heterocycles. The summed E-state index contributed by atoms with van der Waals surface area (Å²) in [5.41, 5.74) is 2.73. The standard InChI is InChI=1S/C18H20BrN3O/c1-21(2)10-5-11-22-18(19)15-9-8-13(12-16(15)20-22)14-6-3-4-7-17(14)23/h3-4,6-9,12,23H,5,10-11H2,1-2H3. The molecule has 0 unspecified atom stereocenters. The number of phenolic OH excluding ortho intramolecular Hbond substituents is 1. The summed E-state index contributed by atoms with van der Waals surface area (Å²) in [6.07, 6.45) is 1.05. The Morgan fingerprint density at radius 2 is 1.96 bits per heavy atom. The summed E-state index contributed by atoms with van der Waals surface area (Å²) in [5, 5.41) is 15.8. The molecule has 3 rings (SSSR count). The van der Waals surface area contributed by atoms with E-state index in [0.717, 1.165) is 46.1 Å². The summed E-state index contributed by atoms with van der Waals surface area (Å²) in [7, 11) is 4.15. The van der Waals surface area contributed by atoms with Gasteiger partial charge in [0, 0.05) is 17.5 Å². The highest BCUT2D eigenvalue weighted by molar-refractivity contribution is 9.10. The Hall–Kier alpha value is -1.85. The van der Waals surface area contributed by atoms with Crippen LogP contribution in [0.3, 0.4) is 0 Å². The Balaban J connectivity index is 1.93. The third kappa shape index (κ3) is 3.41. The van der Waals surface area contributed by atoms with Gasteiger partial charge in [-0.15, -0.1) is 0 Å². The van der Waals surface area contributed by atoms with Crippen LogP contribution in [0.1, 0.15) is 6.42 Å². The third-order valence-corrected chi connectivity index (χ3v) is 4.70. The number of aromatic nitrogens is 2. The predicted octanol–water partition coefficient (Wildman–Crippen LogP) is 4.12. The van der Waals surface area contributed by atoms with Gasteiger partial charge in [-0.25, -0.2) is 0 Å². The molecule has 0 radical (unpaired) electrons. The van der Waals surface area contributed by atoms with E-state index in [2.05, 4.69) is 41.0 Å². The lowest BCUT2D eigenvalue weighted by atomic mass is 10.0. The topological polar surface area (TPSA) is 41.3 Å². The third-order valence-electron chi connectivity index (χ3n) is 3.87. The van der Waals surface area contributed by atoms with Gasteiger partial charge in [-0.3, -0.25) is 4.68 Å². The van der Waals surface area contributed by atoms with Crippen molar-refractivity contribution >= 4 is 26.8 Å². The fourth-order valence-corrected chi connectivity index (χ4v) is 3.26. The van der Waals surface area contributed by atoms with Crippen molar-refractivity contribution in [2.24, 2.45) is 0 Å². The van der Waals surface area contributed by atoms with Crippen molar-refractivity contribution in [2.45, 2.75) is 13.0 Å². The van der Waals surface area contributed by atoms with E-state index in [1.54, 1.807) is 6.07 Å². The van der Waals surface area contributed by atoms with Gasteiger partial charge in [-0.1, -0.05) is 24.3 Å². The lowest BCUT2D eigenvalue weighted by Gasteiger charge is -2.09. The Morgan fingerprint density at radius 1 is 1.17 bits per heavy atom. The van der Waals surface area contributed by atoms with Crippen molar-refractivity contribution in [2.75, 3.05) is 20.6 Å². The summed E-state index contributed by atoms with van der Waals surface area (Å²) >= 11 is 3.65. The van der Waals surface area contributed by atoms with Crippen molar-refractivity contribution in [1.29, 1.82) is 0 Å². The zero-order valence-corrected chi connectivity index (χ0v) is 14.9. The second-order valence-corrected chi connectivity index (χ2v) is 6.67. The van der Waals surface area contributed by atoms with Crippen LogP contribution in [0.2, 0.25) is 0 Å². The molecule has 3 aromatic rings. The molecular formula is C18H20BrN3O. The van der Waals surface area contributed by atoms with Crippen molar-refractivity contribution < 1.29 is 5.11 Å². The SMILES string of the molecule is CN(C)CCCn1nc2cc(-c3ccccc3O)ccc2c1Br. The Labute approximate surface area is 144 Å². The highest BCUT2D eigenvalue weighted by Crippen LogP contribution is 2.32. The van der Waals surface area contributed by atoms with E-state index in [0.29, 0.717) is 0 Å². The maximum Gasteiger partial charge on any atom is 0.123 e. The van der Waals surface area contributed by atoms with E-state index in [1.165, 1.54) is 0 Å². The van der Waals surface area contributed by atoms with Gasteiger partial charge in [0.25, 0.3) is 0 Å². The first-order valence-electron chi connectivity index (χ1n) is 7.65. The number of benzene rings is 2. The first kappa shape index (κ1) is 16.0. The minimum Gasteiger partial charge on any atom is -0.507 e. The molecule has 23 heavy (non-hydrogen) atoms. The van der Waals surface area contributed by atoms with Gasteiger partial charge in [0.2, 0.25) is 0 Å². The van der Waals surface area contributed by atoms with Crippen molar-refractivity contribution in [3.8, 4) is 16.9 Å². The van der Waals surface area contributed by atoms with Gasteiger partial charge >= 0.3 is 0 Å². The number of nitrogens with zero attached hydrogens (tertiary/aromatic N) is 3. The Morgan fingerprint density at radius 3 is 2.70 bits per heavy atom. The molecule has 0 spiro atoms. The summed E-state index contributed by atoms with van der Waals surface area (Å²) in [4.78, 5) is 2.17. The quantitative estimate of drug-likeness (QED) is 0.730. The van der Waals surface area contributed by atoms with E-state index >= 15 is 0 Å². The number of hydrogen-bond acceptors (Lipinski definition) is 3. The summed E-state index contributed by atoms with van der Waals surface area (Å²) in [5.74, 6) is 0.288. The lowest BCUT2D eigenvalue weighted by Crippen LogP contribution is -2.15. The average Bonchev–Trinajstić information content (AvgIpc) is 2.83. The molecule has 0 fully saturated rings. The maximum atomic E-state index is 10.0. The predicted molar refractivity (Wildman–Crippen MR) is 97.7 cm³/mol. The zero-order chi connectivity index (χ0) is 16.4. The monoisotopic (exact) mass is 373 g/mol. The number of phenols is 1. The Kier molecular flexibility index (Phi) is 4.68. The van der Waals surface area contributed by atoms with Crippen molar-refractivity contribution in [1.82, 2.24) is 14.7 Å². The molecule has 4 nitrogen and oxygen atoms in total. The summed E-state index contributed by atoms with van der Waals surface area (Å²) in [6.45, 7) is 1.91. The van der Waals surface area contributed by atoms with E-state index in [9.17, 15) is 5.11 Å². The summed E-state index contributed by atoms with van der Waals surface area (Å²) < 4.78 is 3.01. The van der Waals surface area contributed by atoms with Crippen molar-refractivity contribution in [3.63, 3.8) is 0 Å². The number of aromatic hydroxyl groups is 1. The molecule has 1 aromatic heterocycles. The molecule has 0 aliphatic rings. The van der Waals surface area contributed by atoms with Crippen LogP contribution in [0.25, 0.3) is 22.0 Å². The van der Waals surface area contributed by atoms with Crippen LogP contribution in [-0.2, 0) is 6.54 Å². The number of aryl methyl sites for hydroxylation is 1. The number of hydrogen-bond donors (Lipinski definition) is 1. The van der Waals surface area contributed by atoms with Gasteiger partial charge in [-0.2, -0.15) is 5.10 Å². The average molecular weight is 374 g/mol. The second kappa shape index (κ2) is 6.72. The first-order valence-corrected chi connectivity index (χ1v) is 8.45. The number of rotatable bonds is 5. The molecule has 2 aromatic carbocycles. The molecule has 0 saturated carbocycles. The zero-order valence-electron chi connectivity index (χ0n) is 13.3. The van der Waals surface area contributed by atoms with Gasteiger partial charge < -0.3 is 10.0 Å². The minimum atomic E-state index is 0.288. The van der Waals surface area contributed by atoms with Gasteiger partial charge in [0.05, 0.1) is 5.52 Å². The minimum absolute atomic E-state index is 0.288. The fraction of sp³-hybridized carbons (Fsp3) is 0.278. The largest absolute Gasteiger partial charge is 0.507 e. The van der Waals surface area contributed by atoms with Crippen LogP contribution in [0.4, 0.5) is 0 Å². The molecule has 5 heteroatoms. The Bertz CT molecular complexity index is 826. The highest BCUT2D eigenvalue weighted by atomic mass is 79.9. The molecule has 0 bridgehead atoms. The normalized spacial score (nSPS) is 11.5. The first-order chi connectivity index (χ1) is 11.1. The van der Waals surface area contributed by atoms with Crippen LogP contribution in [0.5, 0.6) is 5.75 Å². The van der Waals surface area contributed by atoms with Crippen LogP contribution >= 0.6 is 15.9 Å². The molecule has 120 valence electrons. The van der Waals surface area contributed by atoms with E-state index in [-0.39, 0.29) is 5.75 Å². The van der Waals surface area contributed by atoms with Crippen LogP contribution in [0.15, 0.2) is 47.1 Å². The van der Waals surface area contributed by atoms with Crippen molar-refractivity contribution in [3.05, 3.63) is 47.1 Å². The fourth-order valence-electron chi connectivity index (χ4n) is 2.67. The number of para-hydroxylation sites is 1. The molecule has 0 amide bonds. The number of halogens is 1. The maximum absolute atomic E-state index is 10.0. The molecule has 0 aliphatic carbocycles. The van der Waals surface area contributed by atoms with E-state index in [4.69, 9.17) is 5.10 Å². The molecule has 1 heterocycles. The molecular weight excluding hydrogens is 354 g/mol. The van der Waals surface area contributed by atoms with E-state index in [1.807, 2.05) is 35.0 Å². The number of fused-ring (bicyclic) bond motifs is 1. The van der Waals surface area contributed by atoms with E-state index < -0.39 is 0 Å². The van der Waals surface area contributed by atoms with Gasteiger partial charge in [0.15, 0.2) is 0 Å². The molecule has 0 atom stereocenters. The lowest BCUT2D eigenvalue weighted by molar-refractivity contribution is 0.380. The second-order valence-electron chi connectivity index (χ2n) is 5.92. The highest BCUT2D eigenvalue weighted by Gasteiger charge is 2.11. The summed E-state index contributed by atoms with van der Waals surface area (Å²) in [6, 6.07) is 13.5. The molecule has 0 aliphatic heterocycles. The van der Waals surface area contributed by atoms with Crippen LogP contribution in [0, 0.1) is 0 Å². The van der Waals surface area contributed by atoms with Gasteiger partial charge in [-0.05, 0) is 66.8 Å². The smallest absolute Gasteiger partial charge is 0.123 e. The van der Waals surface area contributed by atoms with Gasteiger partial charge in [0.1, 0.15) is 10.4 Å². The van der Waals surface area contributed by atoms with Crippen LogP contribution in [-0.4, -0.2) is 40.4 Å². The van der Waals surface area contributed by atoms with Crippen LogP contribution < -0.4 is 0 Å².